The summed E-state index contributed by atoms with van der Waals surface area (Å²) in [5.41, 5.74) is 0.280. The highest BCUT2D eigenvalue weighted by atomic mass is 32.1. The SMILES string of the molecule is CC1CCC(C(=O)N(c2cc(C(C)(C)C)sc2C(=O)O)C(C)CCCF)CC1. The molecule has 1 aliphatic carbocycles. The van der Waals surface area contributed by atoms with Crippen LogP contribution in [0.15, 0.2) is 6.07 Å². The second-order valence-electron chi connectivity index (χ2n) is 9.23. The number of alkyl halides is 1. The number of hydrogen-bond acceptors (Lipinski definition) is 3. The quantitative estimate of drug-likeness (QED) is 0.595. The van der Waals surface area contributed by atoms with E-state index < -0.39 is 12.6 Å². The van der Waals surface area contributed by atoms with Crippen molar-refractivity contribution < 1.29 is 19.1 Å². The third-order valence-electron chi connectivity index (χ3n) is 5.70. The Balaban J connectivity index is 2.45. The molecule has 28 heavy (non-hydrogen) atoms. The summed E-state index contributed by atoms with van der Waals surface area (Å²) in [7, 11) is 0. The minimum atomic E-state index is -1.01. The third kappa shape index (κ3) is 5.34. The molecular formula is C22H34FNO3S. The lowest BCUT2D eigenvalue weighted by Crippen LogP contribution is -2.44. The average molecular weight is 412 g/mol. The van der Waals surface area contributed by atoms with Crippen LogP contribution in [0.3, 0.4) is 0 Å². The first-order valence-electron chi connectivity index (χ1n) is 10.3. The van der Waals surface area contributed by atoms with Gasteiger partial charge in [-0.2, -0.15) is 0 Å². The molecule has 0 radical (unpaired) electrons. The average Bonchev–Trinajstić information content (AvgIpc) is 3.06. The van der Waals surface area contributed by atoms with Crippen molar-refractivity contribution in [3.8, 4) is 0 Å². The minimum Gasteiger partial charge on any atom is -0.477 e. The van der Waals surface area contributed by atoms with E-state index in [0.717, 1.165) is 30.6 Å². The molecule has 1 amide bonds. The lowest BCUT2D eigenvalue weighted by atomic mass is 9.82. The van der Waals surface area contributed by atoms with E-state index >= 15 is 0 Å². The van der Waals surface area contributed by atoms with Gasteiger partial charge in [0, 0.05) is 16.8 Å². The van der Waals surface area contributed by atoms with Crippen molar-refractivity contribution in [3.05, 3.63) is 15.8 Å². The van der Waals surface area contributed by atoms with E-state index in [1.165, 1.54) is 11.3 Å². The highest BCUT2D eigenvalue weighted by molar-refractivity contribution is 7.14. The molecule has 1 fully saturated rings. The van der Waals surface area contributed by atoms with Crippen LogP contribution in [0.25, 0.3) is 0 Å². The maximum Gasteiger partial charge on any atom is 0.348 e. The normalized spacial score (nSPS) is 21.4. The van der Waals surface area contributed by atoms with Gasteiger partial charge in [0.2, 0.25) is 5.91 Å². The van der Waals surface area contributed by atoms with Crippen LogP contribution in [-0.4, -0.2) is 29.7 Å². The number of halogens is 1. The van der Waals surface area contributed by atoms with Gasteiger partial charge in [0.25, 0.3) is 0 Å². The third-order valence-corrected chi connectivity index (χ3v) is 7.24. The van der Waals surface area contributed by atoms with Crippen LogP contribution < -0.4 is 4.90 Å². The fourth-order valence-corrected chi connectivity index (χ4v) is 4.91. The molecule has 1 aliphatic rings. The second-order valence-corrected chi connectivity index (χ2v) is 10.3. The van der Waals surface area contributed by atoms with Crippen molar-refractivity contribution >= 4 is 28.9 Å². The Morgan fingerprint density at radius 1 is 1.29 bits per heavy atom. The summed E-state index contributed by atoms with van der Waals surface area (Å²) < 4.78 is 12.8. The molecule has 1 atom stereocenters. The van der Waals surface area contributed by atoms with Crippen LogP contribution >= 0.6 is 11.3 Å². The van der Waals surface area contributed by atoms with Gasteiger partial charge in [-0.05, 0) is 62.8 Å². The smallest absolute Gasteiger partial charge is 0.348 e. The van der Waals surface area contributed by atoms with E-state index in [9.17, 15) is 19.1 Å². The summed E-state index contributed by atoms with van der Waals surface area (Å²) in [6.45, 7) is 9.79. The molecule has 0 aromatic carbocycles. The highest BCUT2D eigenvalue weighted by Gasteiger charge is 2.35. The maximum atomic E-state index is 13.5. The molecule has 1 N–H and O–H groups in total. The Hall–Kier alpha value is -1.43. The van der Waals surface area contributed by atoms with Crippen molar-refractivity contribution in [1.82, 2.24) is 0 Å². The van der Waals surface area contributed by atoms with Crippen LogP contribution in [0, 0.1) is 11.8 Å². The van der Waals surface area contributed by atoms with Crippen LogP contribution in [0.5, 0.6) is 0 Å². The molecule has 0 saturated heterocycles. The fraction of sp³-hybridized carbons (Fsp3) is 0.727. The first kappa shape index (κ1) is 22.9. The molecule has 1 aromatic rings. The summed E-state index contributed by atoms with van der Waals surface area (Å²) in [4.78, 5) is 28.3. The number of anilines is 1. The lowest BCUT2D eigenvalue weighted by Gasteiger charge is -2.35. The fourth-order valence-electron chi connectivity index (χ4n) is 3.86. The number of carbonyl (C=O) groups excluding carboxylic acids is 1. The molecule has 1 aromatic heterocycles. The van der Waals surface area contributed by atoms with Gasteiger partial charge in [-0.25, -0.2) is 4.79 Å². The lowest BCUT2D eigenvalue weighted by molar-refractivity contribution is -0.124. The van der Waals surface area contributed by atoms with Gasteiger partial charge in [0.05, 0.1) is 12.4 Å². The first-order valence-corrected chi connectivity index (χ1v) is 11.1. The van der Waals surface area contributed by atoms with Crippen molar-refractivity contribution in [2.45, 2.75) is 84.6 Å². The Labute approximate surface area is 172 Å². The monoisotopic (exact) mass is 411 g/mol. The molecule has 1 saturated carbocycles. The molecule has 6 heteroatoms. The van der Waals surface area contributed by atoms with Gasteiger partial charge >= 0.3 is 5.97 Å². The van der Waals surface area contributed by atoms with Gasteiger partial charge in [-0.15, -0.1) is 11.3 Å². The summed E-state index contributed by atoms with van der Waals surface area (Å²) in [5.74, 6) is -0.462. The minimum absolute atomic E-state index is 0.000910. The van der Waals surface area contributed by atoms with Crippen LogP contribution in [0.4, 0.5) is 10.1 Å². The number of hydrogen-bond donors (Lipinski definition) is 1. The molecule has 0 spiro atoms. The molecule has 2 rings (SSSR count). The Morgan fingerprint density at radius 3 is 2.39 bits per heavy atom. The zero-order valence-electron chi connectivity index (χ0n) is 17.8. The highest BCUT2D eigenvalue weighted by Crippen LogP contribution is 2.40. The zero-order chi connectivity index (χ0) is 21.1. The Kier molecular flexibility index (Phi) is 7.66. The summed E-state index contributed by atoms with van der Waals surface area (Å²) in [5, 5.41) is 9.79. The number of carbonyl (C=O) groups is 2. The van der Waals surface area contributed by atoms with E-state index in [4.69, 9.17) is 0 Å². The number of nitrogens with zero attached hydrogens (tertiary/aromatic N) is 1. The number of rotatable bonds is 7. The Morgan fingerprint density at radius 2 is 1.89 bits per heavy atom. The predicted octanol–water partition coefficient (Wildman–Crippen LogP) is 6.04. The Bertz CT molecular complexity index is 686. The summed E-state index contributed by atoms with van der Waals surface area (Å²) >= 11 is 1.24. The van der Waals surface area contributed by atoms with E-state index in [-0.39, 0.29) is 28.2 Å². The number of thiophene rings is 1. The topological polar surface area (TPSA) is 57.6 Å². The molecule has 0 bridgehead atoms. The van der Waals surface area contributed by atoms with E-state index in [1.54, 1.807) is 4.90 Å². The molecular weight excluding hydrogens is 377 g/mol. The molecule has 1 unspecified atom stereocenters. The standard InChI is InChI=1S/C22H34FNO3S/c1-14-8-10-16(11-9-14)20(25)24(15(2)7-6-12-23)17-13-18(22(3,4)5)28-19(17)21(26)27/h13-16H,6-12H2,1-5H3,(H,26,27). The van der Waals surface area contributed by atoms with Crippen molar-refractivity contribution in [2.24, 2.45) is 11.8 Å². The number of carboxylic acids is 1. The van der Waals surface area contributed by atoms with Crippen molar-refractivity contribution in [1.29, 1.82) is 0 Å². The van der Waals surface area contributed by atoms with Gasteiger partial charge in [-0.1, -0.05) is 27.7 Å². The number of aromatic carboxylic acids is 1. The number of amides is 1. The van der Waals surface area contributed by atoms with Gasteiger partial charge in [0.1, 0.15) is 4.88 Å². The van der Waals surface area contributed by atoms with E-state index in [2.05, 4.69) is 6.92 Å². The summed E-state index contributed by atoms with van der Waals surface area (Å²) in [6.07, 6.45) is 4.60. The van der Waals surface area contributed by atoms with Gasteiger partial charge in [0.15, 0.2) is 0 Å². The van der Waals surface area contributed by atoms with E-state index in [1.807, 2.05) is 33.8 Å². The van der Waals surface area contributed by atoms with Crippen LogP contribution in [0.1, 0.15) is 87.7 Å². The van der Waals surface area contributed by atoms with E-state index in [0.29, 0.717) is 24.4 Å². The molecule has 1 heterocycles. The maximum absolute atomic E-state index is 13.5. The number of carboxylic acid groups (broad SMARTS) is 1. The van der Waals surface area contributed by atoms with Gasteiger partial charge < -0.3 is 10.0 Å². The second kappa shape index (κ2) is 9.38. The predicted molar refractivity (Wildman–Crippen MR) is 113 cm³/mol. The van der Waals surface area contributed by atoms with Crippen molar-refractivity contribution in [2.75, 3.05) is 11.6 Å². The first-order chi connectivity index (χ1) is 13.1. The largest absolute Gasteiger partial charge is 0.477 e. The molecule has 0 aliphatic heterocycles. The van der Waals surface area contributed by atoms with Gasteiger partial charge in [-0.3, -0.25) is 9.18 Å². The molecule has 158 valence electrons. The summed E-state index contributed by atoms with van der Waals surface area (Å²) in [6, 6.07) is 1.63. The van der Waals surface area contributed by atoms with Crippen LogP contribution in [-0.2, 0) is 10.2 Å². The zero-order valence-corrected chi connectivity index (χ0v) is 18.6. The molecule has 4 nitrogen and oxygen atoms in total. The van der Waals surface area contributed by atoms with Crippen molar-refractivity contribution in [3.63, 3.8) is 0 Å². The van der Waals surface area contributed by atoms with Crippen LogP contribution in [0.2, 0.25) is 0 Å².